The van der Waals surface area contributed by atoms with E-state index in [-0.39, 0.29) is 0 Å². The summed E-state index contributed by atoms with van der Waals surface area (Å²) in [6.07, 6.45) is 4.02. The van der Waals surface area contributed by atoms with Crippen molar-refractivity contribution in [3.8, 4) is 23.4 Å². The van der Waals surface area contributed by atoms with Crippen LogP contribution in [-0.4, -0.2) is 19.7 Å². The number of fused-ring (bicyclic) bond motifs is 1. The first kappa shape index (κ1) is 17.3. The molecule has 0 fully saturated rings. The number of nitriles is 2. The number of imidazole rings is 1. The van der Waals surface area contributed by atoms with E-state index < -0.39 is 0 Å². The predicted octanol–water partition coefficient (Wildman–Crippen LogP) is 4.40. The minimum absolute atomic E-state index is 0.369. The molecular weight excluding hydrogens is 348 g/mol. The van der Waals surface area contributed by atoms with Crippen LogP contribution in [0.25, 0.3) is 33.9 Å². The van der Waals surface area contributed by atoms with E-state index in [0.717, 1.165) is 27.9 Å². The predicted molar refractivity (Wildman–Crippen MR) is 107 cm³/mol. The lowest BCUT2D eigenvalue weighted by Crippen LogP contribution is -1.97. The zero-order chi connectivity index (χ0) is 19.3. The molecule has 0 radical (unpaired) electrons. The molecule has 4 rings (SSSR count). The van der Waals surface area contributed by atoms with Crippen LogP contribution in [0.15, 0.2) is 60.8 Å². The Morgan fingerprint density at radius 3 is 2.61 bits per heavy atom. The summed E-state index contributed by atoms with van der Waals surface area (Å²) in [6.45, 7) is 0.497. The van der Waals surface area contributed by atoms with Crippen LogP contribution in [0.2, 0.25) is 0 Å². The molecule has 0 amide bonds. The van der Waals surface area contributed by atoms with Gasteiger partial charge in [-0.05, 0) is 18.2 Å². The monoisotopic (exact) mass is 364 g/mol. The van der Waals surface area contributed by atoms with Gasteiger partial charge in [-0.15, -0.1) is 0 Å². The summed E-state index contributed by atoms with van der Waals surface area (Å²) in [6, 6.07) is 21.8. The van der Waals surface area contributed by atoms with E-state index in [0.29, 0.717) is 24.4 Å². The molecule has 1 N–H and O–H groups in total. The van der Waals surface area contributed by atoms with Gasteiger partial charge in [0, 0.05) is 17.3 Å². The zero-order valence-electron chi connectivity index (χ0n) is 15.0. The summed E-state index contributed by atoms with van der Waals surface area (Å²) >= 11 is 0. The van der Waals surface area contributed by atoms with Gasteiger partial charge in [0.25, 0.3) is 0 Å². The van der Waals surface area contributed by atoms with Gasteiger partial charge in [0.1, 0.15) is 11.9 Å². The van der Waals surface area contributed by atoms with Crippen molar-refractivity contribution in [1.82, 2.24) is 19.7 Å². The third kappa shape index (κ3) is 3.40. The van der Waals surface area contributed by atoms with Crippen LogP contribution < -0.4 is 0 Å². The molecule has 0 aliphatic heterocycles. The molecule has 0 saturated heterocycles. The number of nitrogens with one attached hydrogen (secondary N) is 1. The normalized spacial score (nSPS) is 11.3. The number of hydrogen-bond acceptors (Lipinski definition) is 4. The lowest BCUT2D eigenvalue weighted by molar-refractivity contribution is 0.629. The van der Waals surface area contributed by atoms with Gasteiger partial charge in [-0.2, -0.15) is 15.6 Å². The van der Waals surface area contributed by atoms with Crippen molar-refractivity contribution in [2.75, 3.05) is 0 Å². The van der Waals surface area contributed by atoms with Crippen molar-refractivity contribution in [2.45, 2.75) is 13.0 Å². The van der Waals surface area contributed by atoms with E-state index in [1.165, 1.54) is 0 Å². The average Bonchev–Trinajstić information content (AvgIpc) is 3.35. The summed E-state index contributed by atoms with van der Waals surface area (Å²) in [5.41, 5.74) is 4.64. The van der Waals surface area contributed by atoms with Crippen LogP contribution in [0, 0.1) is 22.7 Å². The molecule has 2 aromatic carbocycles. The highest BCUT2D eigenvalue weighted by Gasteiger charge is 2.13. The first-order valence-corrected chi connectivity index (χ1v) is 8.85. The largest absolute Gasteiger partial charge is 0.337 e. The topological polar surface area (TPSA) is 94.1 Å². The van der Waals surface area contributed by atoms with Gasteiger partial charge in [-0.1, -0.05) is 42.5 Å². The molecule has 6 nitrogen and oxygen atoms in total. The van der Waals surface area contributed by atoms with E-state index in [9.17, 15) is 5.26 Å². The molecule has 0 bridgehead atoms. The molecule has 0 aliphatic carbocycles. The van der Waals surface area contributed by atoms with Crippen molar-refractivity contribution < 1.29 is 0 Å². The molecule has 0 unspecified atom stereocenters. The smallest absolute Gasteiger partial charge is 0.149 e. The van der Waals surface area contributed by atoms with Crippen LogP contribution in [0.4, 0.5) is 0 Å². The Balaban J connectivity index is 1.81. The van der Waals surface area contributed by atoms with Crippen molar-refractivity contribution in [2.24, 2.45) is 0 Å². The minimum Gasteiger partial charge on any atom is -0.337 e. The summed E-state index contributed by atoms with van der Waals surface area (Å²) in [5.74, 6) is 0.521. The third-order valence-corrected chi connectivity index (χ3v) is 4.35. The van der Waals surface area contributed by atoms with Gasteiger partial charge in [-0.3, -0.25) is 4.68 Å². The van der Waals surface area contributed by atoms with Crippen LogP contribution in [0.5, 0.6) is 0 Å². The summed E-state index contributed by atoms with van der Waals surface area (Å²) in [4.78, 5) is 7.72. The summed E-state index contributed by atoms with van der Waals surface area (Å²) < 4.78 is 1.74. The van der Waals surface area contributed by atoms with Crippen molar-refractivity contribution in [1.29, 1.82) is 10.5 Å². The number of rotatable bonds is 5. The first-order valence-electron chi connectivity index (χ1n) is 8.85. The molecule has 0 spiro atoms. The number of H-pyrrole nitrogens is 1. The maximum absolute atomic E-state index is 9.73. The highest BCUT2D eigenvalue weighted by atomic mass is 15.3. The molecule has 0 aliphatic rings. The number of benzene rings is 2. The van der Waals surface area contributed by atoms with Crippen molar-refractivity contribution in [3.05, 3.63) is 72.2 Å². The molecule has 2 aromatic heterocycles. The molecular formula is C22H16N6. The van der Waals surface area contributed by atoms with Gasteiger partial charge >= 0.3 is 0 Å². The number of aryl methyl sites for hydroxylation is 1. The molecule has 4 aromatic rings. The molecule has 28 heavy (non-hydrogen) atoms. The van der Waals surface area contributed by atoms with Crippen molar-refractivity contribution >= 4 is 22.7 Å². The number of nitrogens with zero attached hydrogens (tertiary/aromatic N) is 5. The van der Waals surface area contributed by atoms with Gasteiger partial charge in [0.15, 0.2) is 0 Å². The molecule has 134 valence electrons. The number of para-hydroxylation sites is 2. The van der Waals surface area contributed by atoms with Crippen LogP contribution in [0.1, 0.15) is 17.8 Å². The van der Waals surface area contributed by atoms with Gasteiger partial charge in [-0.25, -0.2) is 4.98 Å². The highest BCUT2D eigenvalue weighted by Crippen LogP contribution is 2.26. The fourth-order valence-corrected chi connectivity index (χ4v) is 3.03. The Kier molecular flexibility index (Phi) is 4.69. The third-order valence-electron chi connectivity index (χ3n) is 4.35. The molecule has 2 heterocycles. The minimum atomic E-state index is 0.369. The van der Waals surface area contributed by atoms with Gasteiger partial charge in [0.2, 0.25) is 0 Å². The van der Waals surface area contributed by atoms with Gasteiger partial charge in [0.05, 0.1) is 41.3 Å². The quantitative estimate of drug-likeness (QED) is 0.531. The molecule has 0 atom stereocenters. The fraction of sp³-hybridized carbons (Fsp3) is 0.0909. The Hall–Kier alpha value is -4.16. The van der Waals surface area contributed by atoms with Crippen molar-refractivity contribution in [3.63, 3.8) is 0 Å². The SMILES string of the molecule is N#CCCn1cc(/C=C(\C#N)c2nc3ccccc3[nH]2)c(-c2ccccc2)n1. The summed E-state index contributed by atoms with van der Waals surface area (Å²) in [7, 11) is 0. The lowest BCUT2D eigenvalue weighted by Gasteiger charge is -1.99. The Morgan fingerprint density at radius 2 is 1.86 bits per heavy atom. The Labute approximate surface area is 162 Å². The second kappa shape index (κ2) is 7.61. The van der Waals surface area contributed by atoms with E-state index in [1.807, 2.05) is 60.8 Å². The summed E-state index contributed by atoms with van der Waals surface area (Å²) in [5, 5.41) is 23.2. The average molecular weight is 364 g/mol. The number of hydrogen-bond donors (Lipinski definition) is 1. The highest BCUT2D eigenvalue weighted by molar-refractivity contribution is 5.92. The first-order chi connectivity index (χ1) is 13.8. The standard InChI is InChI=1S/C22H16N6/c23-11-6-12-28-15-18(21(27-28)16-7-2-1-3-8-16)13-17(14-24)22-25-19-9-4-5-10-20(19)26-22/h1-5,7-10,13,15H,6,12H2,(H,25,26)/b17-13+. The molecule has 6 heteroatoms. The Bertz CT molecular complexity index is 1200. The second-order valence-electron chi connectivity index (χ2n) is 6.24. The van der Waals surface area contributed by atoms with E-state index in [4.69, 9.17) is 5.26 Å². The number of aromatic amines is 1. The van der Waals surface area contributed by atoms with Crippen LogP contribution >= 0.6 is 0 Å². The van der Waals surface area contributed by atoms with E-state index in [1.54, 1.807) is 10.8 Å². The maximum atomic E-state index is 9.73. The lowest BCUT2D eigenvalue weighted by atomic mass is 10.1. The number of allylic oxidation sites excluding steroid dienone is 1. The molecule has 0 saturated carbocycles. The maximum Gasteiger partial charge on any atom is 0.149 e. The van der Waals surface area contributed by atoms with Crippen LogP contribution in [-0.2, 0) is 6.54 Å². The Morgan fingerprint density at radius 1 is 1.07 bits per heavy atom. The van der Waals surface area contributed by atoms with E-state index in [2.05, 4.69) is 27.2 Å². The second-order valence-corrected chi connectivity index (χ2v) is 6.24. The number of aromatic nitrogens is 4. The zero-order valence-corrected chi connectivity index (χ0v) is 15.0. The van der Waals surface area contributed by atoms with E-state index >= 15 is 0 Å². The fourth-order valence-electron chi connectivity index (χ4n) is 3.03. The van der Waals surface area contributed by atoms with Gasteiger partial charge < -0.3 is 4.98 Å². The van der Waals surface area contributed by atoms with Crippen LogP contribution in [0.3, 0.4) is 0 Å².